The Morgan fingerprint density at radius 2 is 1.29 bits per heavy atom. The third-order valence-electron chi connectivity index (χ3n) is 11.1. The van der Waals surface area contributed by atoms with Gasteiger partial charge in [0.1, 0.15) is 18.3 Å². The highest BCUT2D eigenvalue weighted by molar-refractivity contribution is 5.96. The van der Waals surface area contributed by atoms with Crippen molar-refractivity contribution in [3.8, 4) is 0 Å². The highest BCUT2D eigenvalue weighted by Crippen LogP contribution is 2.67. The molecule has 0 aliphatic heterocycles. The van der Waals surface area contributed by atoms with Crippen molar-refractivity contribution in [2.75, 3.05) is 0 Å². The van der Waals surface area contributed by atoms with Gasteiger partial charge in [-0.25, -0.2) is 9.59 Å². The van der Waals surface area contributed by atoms with Crippen LogP contribution in [-0.2, 0) is 33.3 Å². The first kappa shape index (κ1) is 35.9. The minimum absolute atomic E-state index is 0.151. The third kappa shape index (κ3) is 5.86. The minimum atomic E-state index is -2.49. The number of carbonyl (C=O) groups is 5. The van der Waals surface area contributed by atoms with E-state index in [-0.39, 0.29) is 24.0 Å². The summed E-state index contributed by atoms with van der Waals surface area (Å²) in [5.41, 5.74) is -6.23. The summed E-state index contributed by atoms with van der Waals surface area (Å²) >= 11 is 0. The van der Waals surface area contributed by atoms with Crippen LogP contribution in [0.15, 0.2) is 73.3 Å². The zero-order valence-corrected chi connectivity index (χ0v) is 28.6. The van der Waals surface area contributed by atoms with Crippen LogP contribution in [0.5, 0.6) is 0 Å². The molecule has 11 heteroatoms. The summed E-state index contributed by atoms with van der Waals surface area (Å²) in [4.78, 5) is 67.3. The molecule has 2 aromatic rings. The SMILES string of the molecule is C=C[C@@]1(C)C[C@@H](O)[C@H]2[C@](O)(C1=O)[C@H](OC(C)=O)C[C@H]1C(C)(C)[C@H](OC(=O)c3ccccc3)[C@@H](OC(C)=O)[C@H](OC(=O)c3ccccc3)[C@@]12C. The highest BCUT2D eigenvalue weighted by Gasteiger charge is 2.78. The molecule has 0 aromatic heterocycles. The van der Waals surface area contributed by atoms with Crippen LogP contribution in [0.2, 0.25) is 0 Å². The van der Waals surface area contributed by atoms with E-state index in [4.69, 9.17) is 18.9 Å². The average Bonchev–Trinajstić information content (AvgIpc) is 3.05. The van der Waals surface area contributed by atoms with E-state index in [1.54, 1.807) is 69.3 Å². The lowest BCUT2D eigenvalue weighted by molar-refractivity contribution is -0.313. The third-order valence-corrected chi connectivity index (χ3v) is 11.1. The number of rotatable bonds is 7. The van der Waals surface area contributed by atoms with Gasteiger partial charge in [0.15, 0.2) is 17.5 Å². The number of ether oxygens (including phenoxy) is 4. The van der Waals surface area contributed by atoms with Crippen LogP contribution in [-0.4, -0.2) is 76.0 Å². The van der Waals surface area contributed by atoms with Gasteiger partial charge in [0.05, 0.1) is 17.2 Å². The second-order valence-corrected chi connectivity index (χ2v) is 14.6. The van der Waals surface area contributed by atoms with E-state index < -0.39 is 93.9 Å². The van der Waals surface area contributed by atoms with Crippen LogP contribution in [0.4, 0.5) is 0 Å². The summed E-state index contributed by atoms with van der Waals surface area (Å²) in [5.74, 6) is -5.99. The van der Waals surface area contributed by atoms with E-state index in [1.165, 1.54) is 25.1 Å². The first-order valence-electron chi connectivity index (χ1n) is 16.4. The van der Waals surface area contributed by atoms with Gasteiger partial charge in [-0.05, 0) is 49.9 Å². The molecule has 3 aliphatic carbocycles. The standard InChI is InChI=1S/C38H44O11/c1-8-36(6)20-25(41)29-37(7)26(19-27(46-21(2)39)38(29,45)34(36)44)35(4,5)30(48-32(42)23-15-11-9-12-16-23)28(47-22(3)40)31(37)49-33(43)24-17-13-10-14-18-24/h8-18,25-31,41,45H,1,19-20H2,2-7H3/t25-,26+,27-,28-,29-,30-,31+,36+,37+,38+/m1/s1. The summed E-state index contributed by atoms with van der Waals surface area (Å²) in [6.07, 6.45) is -6.03. The van der Waals surface area contributed by atoms with Gasteiger partial charge in [-0.2, -0.15) is 0 Å². The van der Waals surface area contributed by atoms with Gasteiger partial charge in [0.2, 0.25) is 0 Å². The summed E-state index contributed by atoms with van der Waals surface area (Å²) < 4.78 is 24.1. The van der Waals surface area contributed by atoms with E-state index >= 15 is 0 Å². The van der Waals surface area contributed by atoms with Gasteiger partial charge >= 0.3 is 23.9 Å². The first-order valence-corrected chi connectivity index (χ1v) is 16.4. The Balaban J connectivity index is 1.76. The molecule has 0 saturated heterocycles. The fraction of sp³-hybridized carbons (Fsp3) is 0.500. The smallest absolute Gasteiger partial charge is 0.338 e. The predicted molar refractivity (Wildman–Crippen MR) is 175 cm³/mol. The van der Waals surface area contributed by atoms with Crippen molar-refractivity contribution in [1.29, 1.82) is 0 Å². The second kappa shape index (κ2) is 12.8. The second-order valence-electron chi connectivity index (χ2n) is 14.6. The van der Waals surface area contributed by atoms with Crippen molar-refractivity contribution in [2.45, 2.75) is 90.5 Å². The molecule has 49 heavy (non-hydrogen) atoms. The van der Waals surface area contributed by atoms with Gasteiger partial charge in [-0.1, -0.05) is 63.2 Å². The molecule has 11 nitrogen and oxygen atoms in total. The number of hydrogen-bond donors (Lipinski definition) is 2. The zero-order chi connectivity index (χ0) is 36.1. The van der Waals surface area contributed by atoms with E-state index in [1.807, 2.05) is 0 Å². The van der Waals surface area contributed by atoms with Crippen molar-refractivity contribution in [3.05, 3.63) is 84.4 Å². The van der Waals surface area contributed by atoms with Gasteiger partial charge < -0.3 is 29.2 Å². The average molecular weight is 677 g/mol. The van der Waals surface area contributed by atoms with Crippen molar-refractivity contribution >= 4 is 29.7 Å². The number of hydrogen-bond acceptors (Lipinski definition) is 11. The molecule has 3 fully saturated rings. The highest BCUT2D eigenvalue weighted by atomic mass is 16.6. The normalized spacial score (nSPS) is 36.2. The van der Waals surface area contributed by atoms with Crippen LogP contribution in [0, 0.1) is 28.1 Å². The number of benzene rings is 2. The van der Waals surface area contributed by atoms with Crippen molar-refractivity contribution in [2.24, 2.45) is 28.1 Å². The molecule has 2 aromatic carbocycles. The molecule has 5 rings (SSSR count). The fourth-order valence-electron chi connectivity index (χ4n) is 9.01. The van der Waals surface area contributed by atoms with Crippen molar-refractivity contribution < 1.29 is 53.1 Å². The molecular formula is C38H44O11. The number of aliphatic hydroxyl groups is 2. The predicted octanol–water partition coefficient (Wildman–Crippen LogP) is 4.24. The molecule has 0 bridgehead atoms. The van der Waals surface area contributed by atoms with Crippen LogP contribution >= 0.6 is 0 Å². The van der Waals surface area contributed by atoms with E-state index in [2.05, 4.69) is 6.58 Å². The Bertz CT molecular complexity index is 1640. The van der Waals surface area contributed by atoms with Crippen molar-refractivity contribution in [1.82, 2.24) is 0 Å². The summed E-state index contributed by atoms with van der Waals surface area (Å²) in [5, 5.41) is 24.8. The fourth-order valence-corrected chi connectivity index (χ4v) is 9.01. The maximum Gasteiger partial charge on any atom is 0.338 e. The quantitative estimate of drug-likeness (QED) is 0.245. The first-order chi connectivity index (χ1) is 22.9. The van der Waals surface area contributed by atoms with Crippen LogP contribution in [0.3, 0.4) is 0 Å². The Hall–Kier alpha value is -4.35. The maximum atomic E-state index is 14.4. The number of aliphatic hydroxyl groups excluding tert-OH is 1. The lowest BCUT2D eigenvalue weighted by Crippen LogP contribution is -2.80. The molecule has 262 valence electrons. The molecule has 0 spiro atoms. The van der Waals surface area contributed by atoms with Gasteiger partial charge in [0, 0.05) is 36.0 Å². The zero-order valence-electron chi connectivity index (χ0n) is 28.6. The Morgan fingerprint density at radius 1 is 0.796 bits per heavy atom. The minimum Gasteiger partial charge on any atom is -0.459 e. The molecule has 3 saturated carbocycles. The molecule has 10 atom stereocenters. The van der Waals surface area contributed by atoms with Crippen LogP contribution < -0.4 is 0 Å². The molecular weight excluding hydrogens is 632 g/mol. The molecule has 0 heterocycles. The van der Waals surface area contributed by atoms with E-state index in [0.29, 0.717) is 0 Å². The molecule has 2 N–H and O–H groups in total. The lowest BCUT2D eigenvalue weighted by Gasteiger charge is -2.69. The van der Waals surface area contributed by atoms with Crippen LogP contribution in [0.1, 0.15) is 75.1 Å². The molecule has 3 aliphatic rings. The Kier molecular flexibility index (Phi) is 9.42. The number of ketones is 1. The summed E-state index contributed by atoms with van der Waals surface area (Å²) in [6.45, 7) is 12.8. The molecule has 0 amide bonds. The topological polar surface area (TPSA) is 163 Å². The molecule has 0 unspecified atom stereocenters. The van der Waals surface area contributed by atoms with Gasteiger partial charge in [-0.3, -0.25) is 14.4 Å². The van der Waals surface area contributed by atoms with Crippen LogP contribution in [0.25, 0.3) is 0 Å². The molecule has 0 radical (unpaired) electrons. The number of fused-ring (bicyclic) bond motifs is 3. The Labute approximate surface area is 285 Å². The lowest BCUT2D eigenvalue weighted by atomic mass is 9.38. The number of allylic oxidation sites excluding steroid dienone is 1. The summed E-state index contributed by atoms with van der Waals surface area (Å²) in [7, 11) is 0. The van der Waals surface area contributed by atoms with Gasteiger partial charge in [0.25, 0.3) is 0 Å². The number of esters is 4. The number of Topliss-reactive ketones (excluding diaryl/α,β-unsaturated/α-hetero) is 1. The van der Waals surface area contributed by atoms with E-state index in [0.717, 1.165) is 13.8 Å². The van der Waals surface area contributed by atoms with Gasteiger partial charge in [-0.15, -0.1) is 6.58 Å². The maximum absolute atomic E-state index is 14.4. The van der Waals surface area contributed by atoms with Crippen molar-refractivity contribution in [3.63, 3.8) is 0 Å². The number of carbonyl (C=O) groups excluding carboxylic acids is 5. The Morgan fingerprint density at radius 3 is 1.76 bits per heavy atom. The monoisotopic (exact) mass is 676 g/mol. The summed E-state index contributed by atoms with van der Waals surface area (Å²) in [6, 6.07) is 16.3. The van der Waals surface area contributed by atoms with E-state index in [9.17, 15) is 34.2 Å². The largest absolute Gasteiger partial charge is 0.459 e.